The zero-order valence-corrected chi connectivity index (χ0v) is 17.5. The Morgan fingerprint density at radius 2 is 2.10 bits per heavy atom. The maximum absolute atomic E-state index is 13.7. The minimum Gasteiger partial charge on any atom is -0.488 e. The number of carbonyl (C=O) groups is 1. The van der Waals surface area contributed by atoms with Crippen molar-refractivity contribution in [3.8, 4) is 5.75 Å². The molecule has 1 amide bonds. The van der Waals surface area contributed by atoms with Crippen LogP contribution in [0.2, 0.25) is 0 Å². The fourth-order valence-corrected chi connectivity index (χ4v) is 3.25. The highest BCUT2D eigenvalue weighted by molar-refractivity contribution is 5.88. The van der Waals surface area contributed by atoms with Crippen molar-refractivity contribution in [3.63, 3.8) is 0 Å². The molecule has 1 saturated heterocycles. The number of hydrogen-bond donors (Lipinski definition) is 2. The lowest BCUT2D eigenvalue weighted by Crippen LogP contribution is -2.30. The Morgan fingerprint density at radius 3 is 2.73 bits per heavy atom. The number of alkyl halides is 2. The van der Waals surface area contributed by atoms with Crippen LogP contribution in [0.25, 0.3) is 0 Å². The van der Waals surface area contributed by atoms with Crippen molar-refractivity contribution < 1.29 is 18.3 Å². The minimum absolute atomic E-state index is 0.196. The molecule has 162 valence electrons. The van der Waals surface area contributed by atoms with Crippen LogP contribution in [0, 0.1) is 6.92 Å². The average Bonchev–Trinajstić information content (AvgIpc) is 3.04. The number of carbonyl (C=O) groups excluding carboxylic acids is 1. The van der Waals surface area contributed by atoms with E-state index >= 15 is 0 Å². The van der Waals surface area contributed by atoms with Gasteiger partial charge in [0.15, 0.2) is 5.75 Å². The third kappa shape index (κ3) is 5.59. The molecule has 1 aliphatic rings. The predicted octanol–water partition coefficient (Wildman–Crippen LogP) is 3.47. The molecule has 0 aliphatic carbocycles. The molecule has 3 heterocycles. The topological polar surface area (TPSA) is 92.3 Å². The van der Waals surface area contributed by atoms with E-state index in [-0.39, 0.29) is 11.7 Å². The molecule has 0 saturated carbocycles. The van der Waals surface area contributed by atoms with Crippen molar-refractivity contribution >= 4 is 23.2 Å². The van der Waals surface area contributed by atoms with E-state index in [4.69, 9.17) is 4.74 Å². The fourth-order valence-electron chi connectivity index (χ4n) is 3.25. The Balaban J connectivity index is 1.88. The number of nitrogens with one attached hydrogen (secondary N) is 2. The summed E-state index contributed by atoms with van der Waals surface area (Å²) in [6.07, 6.45) is 3.65. The van der Waals surface area contributed by atoms with Crippen molar-refractivity contribution in [2.75, 3.05) is 30.8 Å². The number of aromatic nitrogens is 3. The van der Waals surface area contributed by atoms with Gasteiger partial charge in [-0.25, -0.2) is 15.0 Å². The Kier molecular flexibility index (Phi) is 6.45. The van der Waals surface area contributed by atoms with E-state index in [1.54, 1.807) is 19.1 Å². The molecule has 1 fully saturated rings. The van der Waals surface area contributed by atoms with Gasteiger partial charge in [0.2, 0.25) is 11.7 Å². The third-order valence-corrected chi connectivity index (χ3v) is 4.78. The maximum Gasteiger partial charge on any atom is 0.303 e. The highest BCUT2D eigenvalue weighted by atomic mass is 19.3. The van der Waals surface area contributed by atoms with E-state index in [9.17, 15) is 13.6 Å². The number of halogens is 2. The van der Waals surface area contributed by atoms with Gasteiger partial charge in [0, 0.05) is 37.7 Å². The van der Waals surface area contributed by atoms with Gasteiger partial charge in [-0.2, -0.15) is 8.78 Å². The van der Waals surface area contributed by atoms with Crippen LogP contribution in [0.4, 0.5) is 26.1 Å². The quantitative estimate of drug-likeness (QED) is 0.709. The molecule has 0 spiro atoms. The molecule has 2 aromatic heterocycles. The Morgan fingerprint density at radius 1 is 1.33 bits per heavy atom. The lowest BCUT2D eigenvalue weighted by Gasteiger charge is -2.21. The summed E-state index contributed by atoms with van der Waals surface area (Å²) in [5.41, 5.74) is 0.855. The first-order valence-electron chi connectivity index (χ1n) is 9.73. The van der Waals surface area contributed by atoms with Gasteiger partial charge in [0.1, 0.15) is 18.2 Å². The number of anilines is 3. The van der Waals surface area contributed by atoms with Crippen LogP contribution < -0.4 is 15.4 Å². The summed E-state index contributed by atoms with van der Waals surface area (Å²) in [5, 5.41) is 5.61. The van der Waals surface area contributed by atoms with Gasteiger partial charge >= 0.3 is 5.92 Å². The summed E-state index contributed by atoms with van der Waals surface area (Å²) >= 11 is 0. The second kappa shape index (κ2) is 8.86. The summed E-state index contributed by atoms with van der Waals surface area (Å²) in [6.45, 7) is 5.23. The number of pyridine rings is 1. The largest absolute Gasteiger partial charge is 0.488 e. The van der Waals surface area contributed by atoms with Gasteiger partial charge in [-0.3, -0.25) is 4.79 Å². The number of aryl methyl sites for hydroxylation is 1. The number of amides is 1. The van der Waals surface area contributed by atoms with Crippen LogP contribution in [-0.4, -0.2) is 52.0 Å². The molecule has 8 nitrogen and oxygen atoms in total. The van der Waals surface area contributed by atoms with Crippen molar-refractivity contribution in [3.05, 3.63) is 29.8 Å². The molecule has 0 radical (unpaired) electrons. The summed E-state index contributed by atoms with van der Waals surface area (Å²) in [5.74, 6) is -3.08. The van der Waals surface area contributed by atoms with Crippen LogP contribution in [-0.2, 0) is 10.7 Å². The molecule has 0 bridgehead atoms. The molecule has 1 aliphatic heterocycles. The van der Waals surface area contributed by atoms with Crippen LogP contribution >= 0.6 is 0 Å². The van der Waals surface area contributed by atoms with Gasteiger partial charge in [-0.1, -0.05) is 0 Å². The smallest absolute Gasteiger partial charge is 0.303 e. The van der Waals surface area contributed by atoms with Gasteiger partial charge in [-0.15, -0.1) is 0 Å². The highest BCUT2D eigenvalue weighted by Crippen LogP contribution is 2.31. The SMILES string of the molecule is CC(=O)Nc1cc(Nc2cc(C)nc(C(C)(F)F)n2)c(OC[C@H]2CCCN2C)cn1. The normalized spacial score (nSPS) is 17.1. The second-order valence-electron chi connectivity index (χ2n) is 7.57. The van der Waals surface area contributed by atoms with Crippen molar-refractivity contribution in [1.29, 1.82) is 0 Å². The Labute approximate surface area is 174 Å². The first-order valence-corrected chi connectivity index (χ1v) is 9.73. The second-order valence-corrected chi connectivity index (χ2v) is 7.57. The first-order chi connectivity index (χ1) is 14.1. The first kappa shape index (κ1) is 21.8. The lowest BCUT2D eigenvalue weighted by molar-refractivity contribution is -0.114. The summed E-state index contributed by atoms with van der Waals surface area (Å²) in [6, 6.07) is 3.43. The Bertz CT molecular complexity index is 919. The number of hydrogen-bond acceptors (Lipinski definition) is 7. The number of likely N-dealkylation sites (tertiary alicyclic amines) is 1. The molecule has 3 rings (SSSR count). The van der Waals surface area contributed by atoms with Crippen LogP contribution in [0.1, 0.15) is 38.2 Å². The van der Waals surface area contributed by atoms with E-state index in [0.717, 1.165) is 26.3 Å². The van der Waals surface area contributed by atoms with E-state index in [1.165, 1.54) is 13.1 Å². The Hall–Kier alpha value is -2.88. The molecular weight excluding hydrogens is 394 g/mol. The van der Waals surface area contributed by atoms with Gasteiger partial charge in [-0.05, 0) is 33.4 Å². The van der Waals surface area contributed by atoms with E-state index < -0.39 is 11.7 Å². The summed E-state index contributed by atoms with van der Waals surface area (Å²) < 4.78 is 33.4. The molecule has 30 heavy (non-hydrogen) atoms. The summed E-state index contributed by atoms with van der Waals surface area (Å²) in [7, 11) is 2.05. The third-order valence-electron chi connectivity index (χ3n) is 4.78. The molecule has 2 N–H and O–H groups in total. The molecule has 0 aromatic carbocycles. The number of nitrogens with zero attached hydrogens (tertiary/aromatic N) is 4. The van der Waals surface area contributed by atoms with Crippen molar-refractivity contribution in [2.45, 2.75) is 45.6 Å². The van der Waals surface area contributed by atoms with Gasteiger partial charge in [0.25, 0.3) is 0 Å². The molecule has 2 aromatic rings. The van der Waals surface area contributed by atoms with E-state index in [0.29, 0.717) is 35.6 Å². The number of likely N-dealkylation sites (N-methyl/N-ethyl adjacent to an activating group) is 1. The zero-order chi connectivity index (χ0) is 21.9. The molecule has 1 atom stereocenters. The predicted molar refractivity (Wildman–Crippen MR) is 109 cm³/mol. The van der Waals surface area contributed by atoms with Crippen LogP contribution in [0.3, 0.4) is 0 Å². The van der Waals surface area contributed by atoms with E-state index in [2.05, 4.69) is 37.5 Å². The standard InChI is InChI=1S/C20H26F2N6O2/c1-12-8-18(27-19(24-12)20(3,21)22)26-15-9-17(25-13(2)29)23-10-16(15)30-11-14-6-5-7-28(14)4/h8-10,14H,5-7,11H2,1-4H3,(H2,23,24,25,26,27,29)/t14-/m1/s1. The highest BCUT2D eigenvalue weighted by Gasteiger charge is 2.29. The zero-order valence-electron chi connectivity index (χ0n) is 17.5. The van der Waals surface area contributed by atoms with Gasteiger partial charge < -0.3 is 20.3 Å². The number of ether oxygens (including phenoxy) is 1. The van der Waals surface area contributed by atoms with Crippen LogP contribution in [0.15, 0.2) is 18.3 Å². The summed E-state index contributed by atoms with van der Waals surface area (Å²) in [4.78, 5) is 25.6. The van der Waals surface area contributed by atoms with Gasteiger partial charge in [0.05, 0.1) is 11.9 Å². The maximum atomic E-state index is 13.7. The van der Waals surface area contributed by atoms with Crippen LogP contribution in [0.5, 0.6) is 5.75 Å². The van der Waals surface area contributed by atoms with Crippen molar-refractivity contribution in [1.82, 2.24) is 19.9 Å². The lowest BCUT2D eigenvalue weighted by atomic mass is 10.2. The molecule has 10 heteroatoms. The minimum atomic E-state index is -3.17. The fraction of sp³-hybridized carbons (Fsp3) is 0.500. The molecule has 0 unspecified atom stereocenters. The van der Waals surface area contributed by atoms with E-state index in [1.807, 2.05) is 0 Å². The average molecular weight is 420 g/mol. The number of rotatable bonds is 7. The monoisotopic (exact) mass is 420 g/mol. The van der Waals surface area contributed by atoms with Crippen molar-refractivity contribution in [2.24, 2.45) is 0 Å². The molecular formula is C20H26F2N6O2.